The fourth-order valence-corrected chi connectivity index (χ4v) is 2.40. The van der Waals surface area contributed by atoms with Gasteiger partial charge in [-0.3, -0.25) is 19.3 Å². The number of ether oxygens (including phenoxy) is 1. The third-order valence-electron chi connectivity index (χ3n) is 3.43. The second kappa shape index (κ2) is 9.02. The maximum atomic E-state index is 12.1. The van der Waals surface area contributed by atoms with Crippen LogP contribution in [0.2, 0.25) is 0 Å². The van der Waals surface area contributed by atoms with E-state index < -0.39 is 5.97 Å². The first-order valence-electron chi connectivity index (χ1n) is 7.62. The second-order valence-corrected chi connectivity index (χ2v) is 5.85. The van der Waals surface area contributed by atoms with Crippen molar-refractivity contribution in [2.24, 2.45) is 0 Å². The fourth-order valence-electron chi connectivity index (χ4n) is 2.40. The normalized spacial score (nSPS) is 10.4. The van der Waals surface area contributed by atoms with Crippen molar-refractivity contribution in [2.75, 3.05) is 39.1 Å². The lowest BCUT2D eigenvalue weighted by atomic mass is 10.1. The van der Waals surface area contributed by atoms with Crippen molar-refractivity contribution >= 4 is 23.5 Å². The standard InChI is InChI=1S/C17H25N3O4/c1-11-6-12(2)17(13(3)7-11)19-15(22)10-20(4)9-14(21)18-8-16(23)24-5/h6-7H,8-10H2,1-5H3,(H,18,21)(H,19,22). The molecule has 0 heterocycles. The van der Waals surface area contributed by atoms with Gasteiger partial charge in [-0.1, -0.05) is 17.7 Å². The lowest BCUT2D eigenvalue weighted by Crippen LogP contribution is -2.40. The van der Waals surface area contributed by atoms with Crippen LogP contribution in [0.4, 0.5) is 5.69 Å². The number of benzene rings is 1. The molecular formula is C17H25N3O4. The van der Waals surface area contributed by atoms with E-state index in [1.807, 2.05) is 32.9 Å². The van der Waals surface area contributed by atoms with E-state index in [9.17, 15) is 14.4 Å². The van der Waals surface area contributed by atoms with Gasteiger partial charge in [0.25, 0.3) is 0 Å². The number of carbonyl (C=O) groups excluding carboxylic acids is 3. The van der Waals surface area contributed by atoms with Crippen LogP contribution in [0, 0.1) is 20.8 Å². The molecule has 2 amide bonds. The van der Waals surface area contributed by atoms with E-state index in [2.05, 4.69) is 15.4 Å². The molecule has 0 spiro atoms. The number of aryl methyl sites for hydroxylation is 3. The highest BCUT2D eigenvalue weighted by atomic mass is 16.5. The van der Waals surface area contributed by atoms with Crippen molar-refractivity contribution < 1.29 is 19.1 Å². The van der Waals surface area contributed by atoms with Crippen LogP contribution >= 0.6 is 0 Å². The van der Waals surface area contributed by atoms with Gasteiger partial charge in [0, 0.05) is 5.69 Å². The lowest BCUT2D eigenvalue weighted by Gasteiger charge is -2.17. The first kappa shape index (κ1) is 19.6. The number of rotatable bonds is 7. The van der Waals surface area contributed by atoms with Crippen molar-refractivity contribution in [1.82, 2.24) is 10.2 Å². The lowest BCUT2D eigenvalue weighted by molar-refractivity contribution is -0.141. The van der Waals surface area contributed by atoms with Crippen LogP contribution in [0.5, 0.6) is 0 Å². The zero-order valence-electron chi connectivity index (χ0n) is 14.9. The van der Waals surface area contributed by atoms with Gasteiger partial charge in [-0.15, -0.1) is 0 Å². The maximum Gasteiger partial charge on any atom is 0.325 e. The Morgan fingerprint density at radius 1 is 1.04 bits per heavy atom. The molecule has 1 aromatic carbocycles. The van der Waals surface area contributed by atoms with Crippen molar-refractivity contribution in [2.45, 2.75) is 20.8 Å². The molecule has 0 aliphatic rings. The summed E-state index contributed by atoms with van der Waals surface area (Å²) in [4.78, 5) is 36.3. The fraction of sp³-hybridized carbons (Fsp3) is 0.471. The largest absolute Gasteiger partial charge is 0.468 e. The number of anilines is 1. The van der Waals surface area contributed by atoms with E-state index >= 15 is 0 Å². The quantitative estimate of drug-likeness (QED) is 0.719. The molecule has 7 nitrogen and oxygen atoms in total. The maximum absolute atomic E-state index is 12.1. The number of likely N-dealkylation sites (N-methyl/N-ethyl adjacent to an activating group) is 1. The molecule has 1 aromatic rings. The van der Waals surface area contributed by atoms with Crippen LogP contribution in [0.3, 0.4) is 0 Å². The molecule has 7 heteroatoms. The predicted octanol–water partition coefficient (Wildman–Crippen LogP) is 0.771. The van der Waals surface area contributed by atoms with Gasteiger partial charge in [0.05, 0.1) is 20.2 Å². The molecule has 0 unspecified atom stereocenters. The van der Waals surface area contributed by atoms with Crippen molar-refractivity contribution in [3.63, 3.8) is 0 Å². The molecule has 132 valence electrons. The summed E-state index contributed by atoms with van der Waals surface area (Å²) in [6.07, 6.45) is 0. The minimum absolute atomic E-state index is 0.0102. The highest BCUT2D eigenvalue weighted by Crippen LogP contribution is 2.21. The van der Waals surface area contributed by atoms with Gasteiger partial charge in [0.15, 0.2) is 0 Å². The topological polar surface area (TPSA) is 87.7 Å². The summed E-state index contributed by atoms with van der Waals surface area (Å²) in [5.41, 5.74) is 3.94. The minimum Gasteiger partial charge on any atom is -0.468 e. The van der Waals surface area contributed by atoms with Crippen molar-refractivity contribution in [3.05, 3.63) is 28.8 Å². The van der Waals surface area contributed by atoms with Gasteiger partial charge in [0.2, 0.25) is 11.8 Å². The Kier molecular flexibility index (Phi) is 7.38. The van der Waals surface area contributed by atoms with Gasteiger partial charge >= 0.3 is 5.97 Å². The molecule has 0 saturated heterocycles. The monoisotopic (exact) mass is 335 g/mol. The Bertz CT molecular complexity index is 605. The van der Waals surface area contributed by atoms with E-state index in [1.54, 1.807) is 11.9 Å². The van der Waals surface area contributed by atoms with Crippen LogP contribution < -0.4 is 10.6 Å². The Morgan fingerprint density at radius 3 is 2.12 bits per heavy atom. The first-order chi connectivity index (χ1) is 11.2. The number of nitrogens with zero attached hydrogens (tertiary/aromatic N) is 1. The molecule has 24 heavy (non-hydrogen) atoms. The number of carbonyl (C=O) groups is 3. The number of methoxy groups -OCH3 is 1. The second-order valence-electron chi connectivity index (χ2n) is 5.85. The summed E-state index contributed by atoms with van der Waals surface area (Å²) in [6, 6.07) is 4.01. The third kappa shape index (κ3) is 6.37. The number of nitrogens with one attached hydrogen (secondary N) is 2. The van der Waals surface area contributed by atoms with Gasteiger partial charge in [-0.25, -0.2) is 0 Å². The highest BCUT2D eigenvalue weighted by Gasteiger charge is 2.13. The number of amides is 2. The molecule has 0 fully saturated rings. The molecule has 0 atom stereocenters. The zero-order chi connectivity index (χ0) is 18.3. The molecule has 0 saturated carbocycles. The minimum atomic E-state index is -0.519. The molecule has 2 N–H and O–H groups in total. The number of hydrogen-bond donors (Lipinski definition) is 2. The Morgan fingerprint density at radius 2 is 1.58 bits per heavy atom. The Balaban J connectivity index is 2.50. The summed E-state index contributed by atoms with van der Waals surface area (Å²) in [5.74, 6) is -1.07. The van der Waals surface area contributed by atoms with E-state index in [-0.39, 0.29) is 31.4 Å². The molecular weight excluding hydrogens is 310 g/mol. The van der Waals surface area contributed by atoms with Crippen LogP contribution in [0.15, 0.2) is 12.1 Å². The summed E-state index contributed by atoms with van der Waals surface area (Å²) in [7, 11) is 2.91. The summed E-state index contributed by atoms with van der Waals surface area (Å²) in [5, 5.41) is 5.31. The predicted molar refractivity (Wildman–Crippen MR) is 91.8 cm³/mol. The molecule has 0 radical (unpaired) electrons. The van der Waals surface area contributed by atoms with E-state index in [1.165, 1.54) is 7.11 Å². The van der Waals surface area contributed by atoms with Gasteiger partial charge < -0.3 is 15.4 Å². The molecule has 0 aliphatic heterocycles. The molecule has 1 rings (SSSR count). The zero-order valence-corrected chi connectivity index (χ0v) is 14.9. The SMILES string of the molecule is COC(=O)CNC(=O)CN(C)CC(=O)Nc1c(C)cc(C)cc1C. The average molecular weight is 335 g/mol. The van der Waals surface area contributed by atoms with E-state index in [4.69, 9.17) is 0 Å². The molecule has 0 aliphatic carbocycles. The number of hydrogen-bond acceptors (Lipinski definition) is 5. The van der Waals surface area contributed by atoms with E-state index in [0.717, 1.165) is 22.4 Å². The van der Waals surface area contributed by atoms with Crippen LogP contribution in [-0.2, 0) is 19.1 Å². The van der Waals surface area contributed by atoms with Crippen molar-refractivity contribution in [1.29, 1.82) is 0 Å². The average Bonchev–Trinajstić information content (AvgIpc) is 2.48. The van der Waals surface area contributed by atoms with Crippen LogP contribution in [0.25, 0.3) is 0 Å². The van der Waals surface area contributed by atoms with Gasteiger partial charge in [0.1, 0.15) is 6.54 Å². The van der Waals surface area contributed by atoms with Crippen LogP contribution in [-0.4, -0.2) is 56.5 Å². The molecule has 0 aromatic heterocycles. The summed E-state index contributed by atoms with van der Waals surface area (Å²) >= 11 is 0. The third-order valence-corrected chi connectivity index (χ3v) is 3.43. The summed E-state index contributed by atoms with van der Waals surface area (Å²) < 4.78 is 4.44. The summed E-state index contributed by atoms with van der Waals surface area (Å²) in [6.45, 7) is 5.79. The Labute approximate surface area is 142 Å². The number of esters is 1. The van der Waals surface area contributed by atoms with Crippen LogP contribution in [0.1, 0.15) is 16.7 Å². The van der Waals surface area contributed by atoms with Gasteiger partial charge in [-0.05, 0) is 38.9 Å². The van der Waals surface area contributed by atoms with E-state index in [0.29, 0.717) is 0 Å². The first-order valence-corrected chi connectivity index (χ1v) is 7.62. The van der Waals surface area contributed by atoms with Gasteiger partial charge in [-0.2, -0.15) is 0 Å². The highest BCUT2D eigenvalue weighted by molar-refractivity contribution is 5.94. The smallest absolute Gasteiger partial charge is 0.325 e. The molecule has 0 bridgehead atoms. The Hall–Kier alpha value is -2.41. The van der Waals surface area contributed by atoms with Crippen molar-refractivity contribution in [3.8, 4) is 0 Å².